The van der Waals surface area contributed by atoms with Gasteiger partial charge in [-0.1, -0.05) is 29.8 Å². The second-order valence-electron chi connectivity index (χ2n) is 7.17. The summed E-state index contributed by atoms with van der Waals surface area (Å²) < 4.78 is 7.61. The van der Waals surface area contributed by atoms with Crippen molar-refractivity contribution < 1.29 is 9.53 Å². The predicted octanol–water partition coefficient (Wildman–Crippen LogP) is 5.56. The van der Waals surface area contributed by atoms with Crippen LogP contribution in [-0.2, 0) is 4.79 Å². The number of hydrogen-bond donors (Lipinski definition) is 0. The predicted molar refractivity (Wildman–Crippen MR) is 122 cm³/mol. The fourth-order valence-electron chi connectivity index (χ4n) is 3.73. The summed E-state index contributed by atoms with van der Waals surface area (Å²) in [6.07, 6.45) is 1.90. The molecule has 0 spiro atoms. The Kier molecular flexibility index (Phi) is 5.22. The van der Waals surface area contributed by atoms with E-state index in [1.165, 1.54) is 5.01 Å². The van der Waals surface area contributed by atoms with E-state index in [9.17, 15) is 4.79 Å². The second-order valence-corrected chi connectivity index (χ2v) is 7.61. The van der Waals surface area contributed by atoms with Gasteiger partial charge < -0.3 is 9.30 Å². The van der Waals surface area contributed by atoms with E-state index < -0.39 is 0 Å². The number of hydrogen-bond acceptors (Lipinski definition) is 3. The van der Waals surface area contributed by atoms with E-state index in [1.54, 1.807) is 13.2 Å². The summed E-state index contributed by atoms with van der Waals surface area (Å²) in [5.74, 6) is 0.592. The van der Waals surface area contributed by atoms with Crippen molar-refractivity contribution in [3.05, 3.63) is 82.1 Å². The number of hydrazone groups is 1. The molecule has 5 nitrogen and oxygen atoms in total. The minimum Gasteiger partial charge on any atom is -0.495 e. The van der Waals surface area contributed by atoms with E-state index in [1.807, 2.05) is 69.3 Å². The molecule has 3 aromatic rings. The number of amides is 1. The number of methoxy groups -OCH3 is 1. The Labute approximate surface area is 180 Å². The molecule has 0 N–H and O–H groups in total. The van der Waals surface area contributed by atoms with E-state index in [-0.39, 0.29) is 5.91 Å². The molecule has 4 rings (SSSR count). The Bertz CT molecular complexity index is 1190. The van der Waals surface area contributed by atoms with Gasteiger partial charge in [-0.25, -0.2) is 0 Å². The number of nitrogens with zero attached hydrogens (tertiary/aromatic N) is 3. The van der Waals surface area contributed by atoms with E-state index in [0.29, 0.717) is 16.3 Å². The van der Waals surface area contributed by atoms with Crippen LogP contribution >= 0.6 is 11.6 Å². The van der Waals surface area contributed by atoms with E-state index >= 15 is 0 Å². The standard InChI is InChI=1S/C24H22ClN3O2/c1-15-12-18(17(3)27(15)22-14-19(25)10-11-23(22)30-4)13-21-16(2)26-28(24(21)29)20-8-6-5-7-9-20/h5-14H,1-4H3/b21-13-. The highest BCUT2D eigenvalue weighted by molar-refractivity contribution is 6.32. The first-order valence-corrected chi connectivity index (χ1v) is 9.98. The molecule has 0 radical (unpaired) electrons. The van der Waals surface area contributed by atoms with E-state index in [2.05, 4.69) is 15.7 Å². The molecule has 2 aromatic carbocycles. The van der Waals surface area contributed by atoms with Crippen LogP contribution in [-0.4, -0.2) is 23.3 Å². The van der Waals surface area contributed by atoms with Crippen molar-refractivity contribution in [1.29, 1.82) is 0 Å². The Morgan fingerprint density at radius 3 is 2.47 bits per heavy atom. The highest BCUT2D eigenvalue weighted by Gasteiger charge is 2.29. The van der Waals surface area contributed by atoms with Gasteiger partial charge >= 0.3 is 0 Å². The molecule has 2 heterocycles. The summed E-state index contributed by atoms with van der Waals surface area (Å²) in [7, 11) is 1.64. The first kappa shape index (κ1) is 20.0. The van der Waals surface area contributed by atoms with Gasteiger partial charge in [-0.05, 0) is 68.8 Å². The lowest BCUT2D eigenvalue weighted by Crippen LogP contribution is -2.21. The highest BCUT2D eigenvalue weighted by Crippen LogP contribution is 2.32. The number of para-hydroxylation sites is 1. The molecule has 0 atom stereocenters. The van der Waals surface area contributed by atoms with Gasteiger partial charge in [0.15, 0.2) is 0 Å². The normalized spacial score (nSPS) is 15.1. The molecule has 1 aliphatic heterocycles. The third kappa shape index (κ3) is 3.42. The van der Waals surface area contributed by atoms with Crippen molar-refractivity contribution in [2.75, 3.05) is 12.1 Å². The fraction of sp³-hybridized carbons (Fsp3) is 0.167. The molecular weight excluding hydrogens is 398 g/mol. The van der Waals surface area contributed by atoms with Crippen molar-refractivity contribution >= 4 is 35.0 Å². The van der Waals surface area contributed by atoms with Gasteiger partial charge in [0.2, 0.25) is 0 Å². The Balaban J connectivity index is 1.76. The third-order valence-electron chi connectivity index (χ3n) is 5.22. The minimum atomic E-state index is -0.135. The van der Waals surface area contributed by atoms with Crippen LogP contribution in [0.25, 0.3) is 11.8 Å². The van der Waals surface area contributed by atoms with Crippen molar-refractivity contribution in [2.24, 2.45) is 5.10 Å². The topological polar surface area (TPSA) is 46.8 Å². The lowest BCUT2D eigenvalue weighted by molar-refractivity contribution is -0.114. The van der Waals surface area contributed by atoms with Crippen LogP contribution in [0.1, 0.15) is 23.9 Å². The highest BCUT2D eigenvalue weighted by atomic mass is 35.5. The number of benzene rings is 2. The first-order chi connectivity index (χ1) is 14.4. The lowest BCUT2D eigenvalue weighted by Gasteiger charge is -2.14. The smallest absolute Gasteiger partial charge is 0.280 e. The molecule has 0 fully saturated rings. The van der Waals surface area contributed by atoms with Crippen molar-refractivity contribution in [2.45, 2.75) is 20.8 Å². The van der Waals surface area contributed by atoms with Crippen LogP contribution in [0.2, 0.25) is 5.02 Å². The number of anilines is 1. The molecule has 1 aromatic heterocycles. The maximum atomic E-state index is 13.0. The van der Waals surface area contributed by atoms with Crippen molar-refractivity contribution in [1.82, 2.24) is 4.57 Å². The molecule has 0 saturated heterocycles. The Hall–Kier alpha value is -3.31. The van der Waals surface area contributed by atoms with Gasteiger partial charge in [-0.3, -0.25) is 4.79 Å². The molecule has 0 saturated carbocycles. The van der Waals surface area contributed by atoms with Crippen LogP contribution in [0.5, 0.6) is 5.75 Å². The van der Waals surface area contributed by atoms with Crippen molar-refractivity contribution in [3.8, 4) is 11.4 Å². The number of carbonyl (C=O) groups is 1. The molecule has 152 valence electrons. The van der Waals surface area contributed by atoms with E-state index in [4.69, 9.17) is 16.3 Å². The first-order valence-electron chi connectivity index (χ1n) is 9.60. The third-order valence-corrected chi connectivity index (χ3v) is 5.45. The molecule has 1 amide bonds. The molecule has 0 bridgehead atoms. The summed E-state index contributed by atoms with van der Waals surface area (Å²) in [5.41, 5.74) is 5.82. The summed E-state index contributed by atoms with van der Waals surface area (Å²) in [6, 6.07) is 17.0. The number of rotatable bonds is 4. The molecule has 0 aliphatic carbocycles. The van der Waals surface area contributed by atoms with Gasteiger partial charge in [0, 0.05) is 16.4 Å². The summed E-state index contributed by atoms with van der Waals surface area (Å²) in [4.78, 5) is 13.0. The Morgan fingerprint density at radius 1 is 1.03 bits per heavy atom. The number of carbonyl (C=O) groups excluding carboxylic acids is 1. The lowest BCUT2D eigenvalue weighted by atomic mass is 10.1. The number of aryl methyl sites for hydroxylation is 1. The van der Waals surface area contributed by atoms with Gasteiger partial charge in [-0.2, -0.15) is 10.1 Å². The van der Waals surface area contributed by atoms with Crippen LogP contribution in [0.15, 0.2) is 65.3 Å². The van der Waals surface area contributed by atoms with Gasteiger partial charge in [-0.15, -0.1) is 0 Å². The maximum Gasteiger partial charge on any atom is 0.280 e. The van der Waals surface area contributed by atoms with Crippen LogP contribution in [0.3, 0.4) is 0 Å². The van der Waals surface area contributed by atoms with Crippen LogP contribution in [0.4, 0.5) is 5.69 Å². The zero-order valence-electron chi connectivity index (χ0n) is 17.3. The zero-order valence-corrected chi connectivity index (χ0v) is 18.1. The SMILES string of the molecule is COc1ccc(Cl)cc1-n1c(C)cc(/C=C2\C(=O)N(c3ccccc3)N=C2C)c1C. The number of aromatic nitrogens is 1. The summed E-state index contributed by atoms with van der Waals surface area (Å²) >= 11 is 6.24. The quantitative estimate of drug-likeness (QED) is 0.519. The molecule has 1 aliphatic rings. The van der Waals surface area contributed by atoms with Crippen LogP contribution in [0, 0.1) is 13.8 Å². The average molecular weight is 420 g/mol. The maximum absolute atomic E-state index is 13.0. The fourth-order valence-corrected chi connectivity index (χ4v) is 3.89. The number of ether oxygens (including phenoxy) is 1. The zero-order chi connectivity index (χ0) is 21.4. The second kappa shape index (κ2) is 7.84. The minimum absolute atomic E-state index is 0.135. The van der Waals surface area contributed by atoms with Crippen molar-refractivity contribution in [3.63, 3.8) is 0 Å². The van der Waals surface area contributed by atoms with Gasteiger partial charge in [0.1, 0.15) is 5.75 Å². The molecule has 0 unspecified atom stereocenters. The van der Waals surface area contributed by atoms with Crippen LogP contribution < -0.4 is 9.75 Å². The van der Waals surface area contributed by atoms with Gasteiger partial charge in [0.25, 0.3) is 5.91 Å². The summed E-state index contributed by atoms with van der Waals surface area (Å²) in [6.45, 7) is 5.88. The molecule has 30 heavy (non-hydrogen) atoms. The summed E-state index contributed by atoms with van der Waals surface area (Å²) in [5, 5.41) is 6.54. The van der Waals surface area contributed by atoms with Gasteiger partial charge in [0.05, 0.1) is 29.8 Å². The largest absolute Gasteiger partial charge is 0.495 e. The monoisotopic (exact) mass is 419 g/mol. The number of halogens is 1. The average Bonchev–Trinajstić information content (AvgIpc) is 3.18. The molecular formula is C24H22ClN3O2. The Morgan fingerprint density at radius 2 is 1.77 bits per heavy atom. The van der Waals surface area contributed by atoms with E-state index in [0.717, 1.165) is 34.1 Å². The molecule has 6 heteroatoms.